The third-order valence-corrected chi connectivity index (χ3v) is 6.13. The van der Waals surface area contributed by atoms with Crippen LogP contribution in [0.4, 0.5) is 0 Å². The molecule has 34 heavy (non-hydrogen) atoms. The summed E-state index contributed by atoms with van der Waals surface area (Å²) >= 11 is 0. The SMILES string of the molecule is CCCCCCCC/C=C\CCCCCCC(=O)N[C@H](COP(=O)(O)O)Cc1ccc(O)cc1. The summed E-state index contributed by atoms with van der Waals surface area (Å²) in [5, 5.41) is 12.2. The van der Waals surface area contributed by atoms with Crippen LogP contribution in [0.5, 0.6) is 5.75 Å². The average Bonchev–Trinajstić information content (AvgIpc) is 2.78. The number of phenols is 1. The Kier molecular flexibility index (Phi) is 16.7. The molecule has 0 unspecified atom stereocenters. The molecule has 1 aromatic carbocycles. The Morgan fingerprint density at radius 2 is 1.50 bits per heavy atom. The van der Waals surface area contributed by atoms with E-state index in [-0.39, 0.29) is 18.3 Å². The van der Waals surface area contributed by atoms with Crippen molar-refractivity contribution in [1.82, 2.24) is 5.32 Å². The van der Waals surface area contributed by atoms with Crippen molar-refractivity contribution in [1.29, 1.82) is 0 Å². The summed E-state index contributed by atoms with van der Waals surface area (Å²) in [5.41, 5.74) is 0.821. The van der Waals surface area contributed by atoms with E-state index in [0.29, 0.717) is 12.8 Å². The molecule has 8 heteroatoms. The summed E-state index contributed by atoms with van der Waals surface area (Å²) in [4.78, 5) is 30.3. The Balaban J connectivity index is 2.19. The molecule has 0 aliphatic carbocycles. The number of carbonyl (C=O) groups is 1. The molecule has 0 spiro atoms. The molecule has 1 atom stereocenters. The fraction of sp³-hybridized carbons (Fsp3) is 0.654. The number of hydrogen-bond acceptors (Lipinski definition) is 4. The highest BCUT2D eigenvalue weighted by Crippen LogP contribution is 2.35. The van der Waals surface area contributed by atoms with Gasteiger partial charge in [-0.05, 0) is 56.2 Å². The number of hydrogen-bond donors (Lipinski definition) is 4. The van der Waals surface area contributed by atoms with Gasteiger partial charge < -0.3 is 20.2 Å². The molecule has 0 aliphatic rings. The van der Waals surface area contributed by atoms with Crippen LogP contribution in [0, 0.1) is 0 Å². The molecule has 1 amide bonds. The zero-order chi connectivity index (χ0) is 25.1. The number of carbonyl (C=O) groups excluding carboxylic acids is 1. The molecular formula is C26H44NO6P. The number of benzene rings is 1. The first-order valence-electron chi connectivity index (χ1n) is 12.7. The number of rotatable bonds is 20. The van der Waals surface area contributed by atoms with Crippen molar-refractivity contribution in [3.63, 3.8) is 0 Å². The van der Waals surface area contributed by atoms with Crippen LogP contribution >= 0.6 is 7.82 Å². The van der Waals surface area contributed by atoms with Crippen molar-refractivity contribution in [2.75, 3.05) is 6.61 Å². The maximum absolute atomic E-state index is 12.3. The fourth-order valence-electron chi connectivity index (χ4n) is 3.73. The maximum atomic E-state index is 12.3. The molecule has 0 aliphatic heterocycles. The van der Waals surface area contributed by atoms with Crippen molar-refractivity contribution in [3.8, 4) is 5.75 Å². The van der Waals surface area contributed by atoms with E-state index < -0.39 is 13.9 Å². The van der Waals surface area contributed by atoms with Gasteiger partial charge in [0.2, 0.25) is 5.91 Å². The minimum Gasteiger partial charge on any atom is -0.508 e. The summed E-state index contributed by atoms with van der Waals surface area (Å²) < 4.78 is 15.7. The lowest BCUT2D eigenvalue weighted by Crippen LogP contribution is -2.39. The zero-order valence-electron chi connectivity index (χ0n) is 20.7. The van der Waals surface area contributed by atoms with Crippen molar-refractivity contribution >= 4 is 13.7 Å². The van der Waals surface area contributed by atoms with Crippen LogP contribution < -0.4 is 5.32 Å². The molecule has 1 aromatic rings. The number of allylic oxidation sites excluding steroid dienone is 2. The predicted molar refractivity (Wildman–Crippen MR) is 137 cm³/mol. The molecule has 7 nitrogen and oxygen atoms in total. The highest BCUT2D eigenvalue weighted by molar-refractivity contribution is 7.46. The van der Waals surface area contributed by atoms with Gasteiger partial charge in [-0.1, -0.05) is 76.2 Å². The topological polar surface area (TPSA) is 116 Å². The normalized spacial score (nSPS) is 12.8. The summed E-state index contributed by atoms with van der Waals surface area (Å²) in [6.45, 7) is 1.95. The lowest BCUT2D eigenvalue weighted by Gasteiger charge is -2.19. The molecule has 0 saturated carbocycles. The Morgan fingerprint density at radius 1 is 0.941 bits per heavy atom. The summed E-state index contributed by atoms with van der Waals surface area (Å²) in [5.74, 6) is -0.0268. The van der Waals surface area contributed by atoms with E-state index in [1.54, 1.807) is 12.1 Å². The second-order valence-electron chi connectivity index (χ2n) is 8.90. The molecule has 0 bridgehead atoms. The van der Waals surface area contributed by atoms with E-state index in [1.807, 2.05) is 0 Å². The van der Waals surface area contributed by atoms with E-state index >= 15 is 0 Å². The average molecular weight is 498 g/mol. The second-order valence-corrected chi connectivity index (χ2v) is 10.1. The van der Waals surface area contributed by atoms with Crippen LogP contribution in [-0.4, -0.2) is 33.4 Å². The first kappa shape index (κ1) is 30.4. The van der Waals surface area contributed by atoms with Crippen molar-refractivity contribution in [2.45, 2.75) is 103 Å². The fourth-order valence-corrected chi connectivity index (χ4v) is 4.11. The monoisotopic (exact) mass is 497 g/mol. The van der Waals surface area contributed by atoms with E-state index in [2.05, 4.69) is 28.9 Å². The van der Waals surface area contributed by atoms with Crippen LogP contribution in [0.25, 0.3) is 0 Å². The molecule has 4 N–H and O–H groups in total. The van der Waals surface area contributed by atoms with Crippen LogP contribution in [0.1, 0.15) is 96.0 Å². The van der Waals surface area contributed by atoms with Crippen LogP contribution in [-0.2, 0) is 20.3 Å². The predicted octanol–water partition coefficient (Wildman–Crippen LogP) is 6.18. The molecule has 0 fully saturated rings. The number of phosphoric ester groups is 1. The first-order chi connectivity index (χ1) is 16.3. The molecule has 0 heterocycles. The van der Waals surface area contributed by atoms with Gasteiger partial charge in [0.05, 0.1) is 12.6 Å². The van der Waals surface area contributed by atoms with Crippen LogP contribution in [0.2, 0.25) is 0 Å². The maximum Gasteiger partial charge on any atom is 0.469 e. The van der Waals surface area contributed by atoms with Gasteiger partial charge >= 0.3 is 7.82 Å². The zero-order valence-corrected chi connectivity index (χ0v) is 21.6. The van der Waals surface area contributed by atoms with E-state index in [1.165, 1.54) is 57.1 Å². The number of phosphoric acid groups is 1. The van der Waals surface area contributed by atoms with Gasteiger partial charge in [-0.15, -0.1) is 0 Å². The Hall–Kier alpha value is -1.66. The third-order valence-electron chi connectivity index (χ3n) is 5.64. The van der Waals surface area contributed by atoms with Gasteiger partial charge in [-0.2, -0.15) is 0 Å². The lowest BCUT2D eigenvalue weighted by atomic mass is 10.1. The Labute approximate surface area is 205 Å². The number of aromatic hydroxyl groups is 1. The van der Waals surface area contributed by atoms with E-state index in [0.717, 1.165) is 37.7 Å². The van der Waals surface area contributed by atoms with E-state index in [4.69, 9.17) is 9.79 Å². The van der Waals surface area contributed by atoms with Crippen molar-refractivity contribution in [2.24, 2.45) is 0 Å². The highest BCUT2D eigenvalue weighted by atomic mass is 31.2. The highest BCUT2D eigenvalue weighted by Gasteiger charge is 2.20. The second kappa shape index (κ2) is 18.6. The molecular weight excluding hydrogens is 453 g/mol. The van der Waals surface area contributed by atoms with Gasteiger partial charge in [0.15, 0.2) is 0 Å². The third kappa shape index (κ3) is 17.8. The van der Waals surface area contributed by atoms with Crippen LogP contribution in [0.15, 0.2) is 36.4 Å². The van der Waals surface area contributed by atoms with Crippen molar-refractivity contribution < 1.29 is 28.8 Å². The summed E-state index contributed by atoms with van der Waals surface area (Å²) in [6.07, 6.45) is 19.4. The summed E-state index contributed by atoms with van der Waals surface area (Å²) in [7, 11) is -4.62. The van der Waals surface area contributed by atoms with Crippen molar-refractivity contribution in [3.05, 3.63) is 42.0 Å². The molecule has 0 radical (unpaired) electrons. The van der Waals surface area contributed by atoms with Gasteiger partial charge in [0.1, 0.15) is 5.75 Å². The van der Waals surface area contributed by atoms with Gasteiger partial charge in [-0.3, -0.25) is 9.32 Å². The van der Waals surface area contributed by atoms with Gasteiger partial charge in [0.25, 0.3) is 0 Å². The first-order valence-corrected chi connectivity index (χ1v) is 14.3. The molecule has 1 rings (SSSR count). The quantitative estimate of drug-likeness (QED) is 0.0972. The number of amides is 1. The van der Waals surface area contributed by atoms with Gasteiger partial charge in [-0.25, -0.2) is 4.57 Å². The summed E-state index contributed by atoms with van der Waals surface area (Å²) in [6, 6.07) is 5.90. The number of phenolic OH excluding ortho intramolecular Hbond substituents is 1. The van der Waals surface area contributed by atoms with E-state index in [9.17, 15) is 14.5 Å². The van der Waals surface area contributed by atoms with Crippen LogP contribution in [0.3, 0.4) is 0 Å². The number of unbranched alkanes of at least 4 members (excludes halogenated alkanes) is 10. The van der Waals surface area contributed by atoms with Gasteiger partial charge in [0, 0.05) is 6.42 Å². The minimum atomic E-state index is -4.62. The largest absolute Gasteiger partial charge is 0.508 e. The molecule has 0 saturated heterocycles. The molecule has 0 aromatic heterocycles. The molecule has 194 valence electrons. The Morgan fingerprint density at radius 3 is 2.09 bits per heavy atom. The lowest BCUT2D eigenvalue weighted by molar-refractivity contribution is -0.122. The Bertz CT molecular complexity index is 731. The standard InChI is InChI=1S/C26H44NO6P/c1-2-3-4-5-6-7-8-9-10-11-12-13-14-15-16-26(29)27-24(22-33-34(30,31)32)21-23-17-19-25(28)20-18-23/h9-10,17-20,24,28H,2-8,11-16,21-22H2,1H3,(H,27,29)(H2,30,31,32)/b10-9-/t24-/m0/s1. The smallest absolute Gasteiger partial charge is 0.469 e. The minimum absolute atomic E-state index is 0.129. The number of nitrogens with one attached hydrogen (secondary N) is 1.